The summed E-state index contributed by atoms with van der Waals surface area (Å²) in [6.45, 7) is 4.26. The van der Waals surface area contributed by atoms with Crippen LogP contribution in [-0.4, -0.2) is 33.2 Å². The molecule has 0 amide bonds. The van der Waals surface area contributed by atoms with Crippen molar-refractivity contribution in [1.82, 2.24) is 9.97 Å². The molecular formula is C16H21N3O3. The predicted octanol–water partition coefficient (Wildman–Crippen LogP) is 2.93. The Bertz CT molecular complexity index is 582. The van der Waals surface area contributed by atoms with Gasteiger partial charge >= 0.3 is 0 Å². The molecule has 1 heterocycles. The van der Waals surface area contributed by atoms with Crippen molar-refractivity contribution >= 4 is 11.5 Å². The van der Waals surface area contributed by atoms with E-state index in [0.717, 1.165) is 12.0 Å². The quantitative estimate of drug-likeness (QED) is 0.645. The first-order valence-electron chi connectivity index (χ1n) is 7.56. The normalized spacial score (nSPS) is 19.5. The standard InChI is InChI=1S/C16H21N3O3/c1-3-5-13(19-22-4-2)16-14(20)6-11(7-15(16)21)12-8-17-10-18-9-12/h8-11,20H,3-7H2,1-2H3. The van der Waals surface area contributed by atoms with Crippen molar-refractivity contribution in [2.45, 2.75) is 45.4 Å². The molecule has 2 rings (SSSR count). The highest BCUT2D eigenvalue weighted by Crippen LogP contribution is 2.34. The molecular weight excluding hydrogens is 282 g/mol. The zero-order valence-electron chi connectivity index (χ0n) is 13.0. The number of carbonyl (C=O) groups excluding carboxylic acids is 1. The monoisotopic (exact) mass is 303 g/mol. The van der Waals surface area contributed by atoms with Gasteiger partial charge in [0.2, 0.25) is 0 Å². The number of rotatable bonds is 6. The highest BCUT2D eigenvalue weighted by Gasteiger charge is 2.31. The fourth-order valence-electron chi connectivity index (χ4n) is 2.57. The fourth-order valence-corrected chi connectivity index (χ4v) is 2.57. The van der Waals surface area contributed by atoms with E-state index in [-0.39, 0.29) is 17.5 Å². The van der Waals surface area contributed by atoms with Gasteiger partial charge in [0.05, 0.1) is 11.3 Å². The Morgan fingerprint density at radius 3 is 2.68 bits per heavy atom. The summed E-state index contributed by atoms with van der Waals surface area (Å²) in [6, 6.07) is 0. The smallest absolute Gasteiger partial charge is 0.168 e. The number of aliphatic hydroxyl groups is 1. The average molecular weight is 303 g/mol. The van der Waals surface area contributed by atoms with Crippen LogP contribution in [0, 0.1) is 0 Å². The topological polar surface area (TPSA) is 84.7 Å². The van der Waals surface area contributed by atoms with Crippen LogP contribution in [0.4, 0.5) is 0 Å². The Hall–Kier alpha value is -2.24. The molecule has 1 N–H and O–H groups in total. The van der Waals surface area contributed by atoms with Crippen LogP contribution in [0.1, 0.15) is 51.0 Å². The summed E-state index contributed by atoms with van der Waals surface area (Å²) >= 11 is 0. The van der Waals surface area contributed by atoms with Crippen LogP contribution >= 0.6 is 0 Å². The van der Waals surface area contributed by atoms with Crippen LogP contribution in [0.3, 0.4) is 0 Å². The Morgan fingerprint density at radius 1 is 1.36 bits per heavy atom. The highest BCUT2D eigenvalue weighted by atomic mass is 16.6. The van der Waals surface area contributed by atoms with Gasteiger partial charge in [-0.05, 0) is 18.9 Å². The van der Waals surface area contributed by atoms with Gasteiger partial charge in [0.15, 0.2) is 5.78 Å². The molecule has 1 aliphatic rings. The lowest BCUT2D eigenvalue weighted by atomic mass is 9.81. The lowest BCUT2D eigenvalue weighted by Crippen LogP contribution is -2.24. The second-order valence-electron chi connectivity index (χ2n) is 5.23. The molecule has 0 aliphatic heterocycles. The highest BCUT2D eigenvalue weighted by molar-refractivity contribution is 6.23. The van der Waals surface area contributed by atoms with Crippen LogP contribution in [0.15, 0.2) is 35.2 Å². The van der Waals surface area contributed by atoms with Gasteiger partial charge in [0.1, 0.15) is 18.7 Å². The average Bonchev–Trinajstić information content (AvgIpc) is 2.52. The second kappa shape index (κ2) is 7.68. The number of oxime groups is 1. The summed E-state index contributed by atoms with van der Waals surface area (Å²) in [4.78, 5) is 25.5. The maximum Gasteiger partial charge on any atom is 0.168 e. The second-order valence-corrected chi connectivity index (χ2v) is 5.23. The van der Waals surface area contributed by atoms with E-state index in [4.69, 9.17) is 4.84 Å². The van der Waals surface area contributed by atoms with Crippen LogP contribution in [0.25, 0.3) is 0 Å². The number of aromatic nitrogens is 2. The number of hydrogen-bond acceptors (Lipinski definition) is 6. The zero-order chi connectivity index (χ0) is 15.9. The Labute approximate surface area is 129 Å². The summed E-state index contributed by atoms with van der Waals surface area (Å²) < 4.78 is 0. The molecule has 0 bridgehead atoms. The third kappa shape index (κ3) is 3.69. The molecule has 0 saturated heterocycles. The van der Waals surface area contributed by atoms with E-state index in [9.17, 15) is 9.90 Å². The molecule has 1 atom stereocenters. The largest absolute Gasteiger partial charge is 0.511 e. The Balaban J connectivity index is 2.27. The number of ketones is 1. The zero-order valence-corrected chi connectivity index (χ0v) is 13.0. The van der Waals surface area contributed by atoms with Crippen LogP contribution < -0.4 is 0 Å². The van der Waals surface area contributed by atoms with E-state index < -0.39 is 0 Å². The molecule has 6 nitrogen and oxygen atoms in total. The van der Waals surface area contributed by atoms with Crippen molar-refractivity contribution in [2.75, 3.05) is 6.61 Å². The molecule has 0 spiro atoms. The number of carbonyl (C=O) groups is 1. The minimum absolute atomic E-state index is 0.0806. The summed E-state index contributed by atoms with van der Waals surface area (Å²) in [5.41, 5.74) is 1.72. The molecule has 1 unspecified atom stereocenters. The van der Waals surface area contributed by atoms with Gasteiger partial charge in [0, 0.05) is 31.2 Å². The first-order chi connectivity index (χ1) is 10.7. The molecule has 1 aromatic rings. The first-order valence-corrected chi connectivity index (χ1v) is 7.56. The summed E-state index contributed by atoms with van der Waals surface area (Å²) in [5.74, 6) is -0.117. The third-order valence-corrected chi connectivity index (χ3v) is 3.57. The van der Waals surface area contributed by atoms with Gasteiger partial charge < -0.3 is 9.94 Å². The van der Waals surface area contributed by atoms with Crippen LogP contribution in [0.5, 0.6) is 0 Å². The predicted molar refractivity (Wildman–Crippen MR) is 82.6 cm³/mol. The van der Waals surface area contributed by atoms with Crippen molar-refractivity contribution in [3.63, 3.8) is 0 Å². The number of aliphatic hydroxyl groups excluding tert-OH is 1. The van der Waals surface area contributed by atoms with E-state index in [2.05, 4.69) is 15.1 Å². The number of nitrogens with zero attached hydrogens (tertiary/aromatic N) is 3. The van der Waals surface area contributed by atoms with Crippen LogP contribution in [-0.2, 0) is 9.63 Å². The van der Waals surface area contributed by atoms with Gasteiger partial charge in [0.25, 0.3) is 0 Å². The molecule has 0 fully saturated rings. The van der Waals surface area contributed by atoms with Crippen molar-refractivity contribution in [3.05, 3.63) is 35.6 Å². The van der Waals surface area contributed by atoms with Crippen molar-refractivity contribution in [2.24, 2.45) is 5.16 Å². The molecule has 0 saturated carbocycles. The molecule has 118 valence electrons. The number of Topliss-reactive ketones (excluding diaryl/α,β-unsaturated/α-hetero) is 1. The van der Waals surface area contributed by atoms with Crippen molar-refractivity contribution in [1.29, 1.82) is 0 Å². The van der Waals surface area contributed by atoms with Crippen LogP contribution in [0.2, 0.25) is 0 Å². The van der Waals surface area contributed by atoms with E-state index in [1.165, 1.54) is 6.33 Å². The fraction of sp³-hybridized carbons (Fsp3) is 0.500. The van der Waals surface area contributed by atoms with E-state index >= 15 is 0 Å². The van der Waals surface area contributed by atoms with Gasteiger partial charge in [-0.25, -0.2) is 9.97 Å². The minimum Gasteiger partial charge on any atom is -0.511 e. The minimum atomic E-state index is -0.107. The first kappa shape index (κ1) is 16.1. The van der Waals surface area contributed by atoms with Crippen molar-refractivity contribution in [3.8, 4) is 0 Å². The molecule has 6 heteroatoms. The molecule has 0 radical (unpaired) electrons. The maximum absolute atomic E-state index is 12.5. The summed E-state index contributed by atoms with van der Waals surface area (Å²) in [5, 5.41) is 14.4. The lowest BCUT2D eigenvalue weighted by Gasteiger charge is -2.23. The van der Waals surface area contributed by atoms with Gasteiger partial charge in [-0.1, -0.05) is 18.5 Å². The molecule has 1 aromatic heterocycles. The summed E-state index contributed by atoms with van der Waals surface area (Å²) in [6.07, 6.45) is 6.96. The van der Waals surface area contributed by atoms with Crippen molar-refractivity contribution < 1.29 is 14.7 Å². The molecule has 1 aliphatic carbocycles. The molecule has 22 heavy (non-hydrogen) atoms. The van der Waals surface area contributed by atoms with Gasteiger partial charge in [-0.15, -0.1) is 0 Å². The number of allylic oxidation sites excluding steroid dienone is 2. The molecule has 0 aromatic carbocycles. The van der Waals surface area contributed by atoms with E-state index in [1.54, 1.807) is 12.4 Å². The van der Waals surface area contributed by atoms with Gasteiger partial charge in [-0.3, -0.25) is 4.79 Å². The van der Waals surface area contributed by atoms with E-state index in [1.807, 2.05) is 13.8 Å². The Morgan fingerprint density at radius 2 is 2.09 bits per heavy atom. The lowest BCUT2D eigenvalue weighted by molar-refractivity contribution is -0.116. The number of hydrogen-bond donors (Lipinski definition) is 1. The SMILES string of the molecule is CCCC(=NOCC)C1=C(O)CC(c2cncnc2)CC1=O. The maximum atomic E-state index is 12.5. The van der Waals surface area contributed by atoms with E-state index in [0.29, 0.717) is 37.2 Å². The summed E-state index contributed by atoms with van der Waals surface area (Å²) in [7, 11) is 0. The van der Waals surface area contributed by atoms with Gasteiger partial charge in [-0.2, -0.15) is 0 Å². The Kier molecular flexibility index (Phi) is 5.63. The third-order valence-electron chi connectivity index (χ3n) is 3.57.